The summed E-state index contributed by atoms with van der Waals surface area (Å²) in [5, 5.41) is 12.0. The van der Waals surface area contributed by atoms with Gasteiger partial charge in [-0.05, 0) is 61.9 Å². The van der Waals surface area contributed by atoms with Gasteiger partial charge in [-0.2, -0.15) is 5.26 Å². The van der Waals surface area contributed by atoms with Gasteiger partial charge in [-0.25, -0.2) is 14.7 Å². The molecule has 0 spiro atoms. The van der Waals surface area contributed by atoms with Gasteiger partial charge in [0.2, 0.25) is 5.88 Å². The number of hydrogen-bond donors (Lipinski definition) is 1. The van der Waals surface area contributed by atoms with Crippen molar-refractivity contribution in [2.75, 3.05) is 4.90 Å². The summed E-state index contributed by atoms with van der Waals surface area (Å²) >= 11 is 0. The first-order valence-electron chi connectivity index (χ1n) is 9.30. The topological polar surface area (TPSA) is 95.3 Å². The number of nitrogens with one attached hydrogen (secondary N) is 1. The van der Waals surface area contributed by atoms with E-state index in [0.717, 1.165) is 23.3 Å². The minimum Gasteiger partial charge on any atom is -0.439 e. The van der Waals surface area contributed by atoms with Gasteiger partial charge in [-0.15, -0.1) is 0 Å². The van der Waals surface area contributed by atoms with Crippen LogP contribution in [0.2, 0.25) is 0 Å². The average Bonchev–Trinajstić information content (AvgIpc) is 3.51. The maximum atomic E-state index is 12.6. The number of anilines is 1. The van der Waals surface area contributed by atoms with Crippen LogP contribution in [0.1, 0.15) is 50.2 Å². The number of amides is 3. The van der Waals surface area contributed by atoms with E-state index in [2.05, 4.69) is 16.4 Å². The molecule has 2 fully saturated rings. The minimum atomic E-state index is -0.895. The molecule has 7 heteroatoms. The van der Waals surface area contributed by atoms with Crippen LogP contribution < -0.4 is 15.0 Å². The second-order valence-electron chi connectivity index (χ2n) is 7.35. The molecule has 1 aromatic carbocycles. The number of rotatable bonds is 5. The third-order valence-electron chi connectivity index (χ3n) is 5.33. The number of nitrogens with zero attached hydrogens (tertiary/aromatic N) is 3. The highest BCUT2D eigenvalue weighted by atomic mass is 16.5. The average molecular weight is 376 g/mol. The smallest absolute Gasteiger partial charge is 0.329 e. The zero-order valence-corrected chi connectivity index (χ0v) is 15.7. The third-order valence-corrected chi connectivity index (χ3v) is 5.33. The number of imide groups is 1. The number of urea groups is 1. The molecule has 1 saturated heterocycles. The first kappa shape index (κ1) is 18.0. The highest BCUT2D eigenvalue weighted by molar-refractivity contribution is 6.23. The van der Waals surface area contributed by atoms with Crippen LogP contribution in [0.4, 0.5) is 10.5 Å². The quantitative estimate of drug-likeness (QED) is 0.800. The highest BCUT2D eigenvalue weighted by Gasteiger charge is 2.47. The molecule has 0 radical (unpaired) electrons. The lowest BCUT2D eigenvalue weighted by Gasteiger charge is -2.19. The van der Waals surface area contributed by atoms with Crippen LogP contribution in [0.3, 0.4) is 0 Å². The van der Waals surface area contributed by atoms with Crippen molar-refractivity contribution < 1.29 is 14.3 Å². The molecule has 142 valence electrons. The Bertz CT molecular complexity index is 992. The van der Waals surface area contributed by atoms with Crippen LogP contribution >= 0.6 is 0 Å². The van der Waals surface area contributed by atoms with Crippen molar-refractivity contribution in [3.05, 3.63) is 47.7 Å². The number of carbonyl (C=O) groups excluding carboxylic acids is 2. The Labute approximate surface area is 162 Å². The summed E-state index contributed by atoms with van der Waals surface area (Å²) in [6.07, 6.45) is 4.13. The summed E-state index contributed by atoms with van der Waals surface area (Å²) in [5.74, 6) is 1.09. The SMILES string of the molecule is CC[C@@]1(C)NC(=O)N(c2ccc(Oc3ccc(C#N)c(C4CC4)c3)nc2)C1=O. The van der Waals surface area contributed by atoms with E-state index in [4.69, 9.17) is 4.74 Å². The summed E-state index contributed by atoms with van der Waals surface area (Å²) in [6, 6.07) is 10.4. The van der Waals surface area contributed by atoms with Crippen molar-refractivity contribution >= 4 is 17.6 Å². The zero-order valence-electron chi connectivity index (χ0n) is 15.7. The van der Waals surface area contributed by atoms with Crippen molar-refractivity contribution in [2.24, 2.45) is 0 Å². The van der Waals surface area contributed by atoms with Gasteiger partial charge in [-0.1, -0.05) is 6.92 Å². The largest absolute Gasteiger partial charge is 0.439 e. The lowest BCUT2D eigenvalue weighted by Crippen LogP contribution is -2.43. The summed E-state index contributed by atoms with van der Waals surface area (Å²) in [4.78, 5) is 30.1. The molecule has 1 atom stereocenters. The number of ether oxygens (including phenoxy) is 1. The molecule has 1 N–H and O–H groups in total. The first-order chi connectivity index (χ1) is 13.4. The molecule has 2 aliphatic rings. The Morgan fingerprint density at radius 3 is 2.68 bits per heavy atom. The van der Waals surface area contributed by atoms with Crippen LogP contribution in [0.5, 0.6) is 11.6 Å². The van der Waals surface area contributed by atoms with Gasteiger partial charge in [0.15, 0.2) is 0 Å². The molecular formula is C21H20N4O3. The fourth-order valence-electron chi connectivity index (χ4n) is 3.28. The van der Waals surface area contributed by atoms with E-state index in [-0.39, 0.29) is 5.91 Å². The molecule has 7 nitrogen and oxygen atoms in total. The highest BCUT2D eigenvalue weighted by Crippen LogP contribution is 2.43. The van der Waals surface area contributed by atoms with Crippen LogP contribution in [0.15, 0.2) is 36.5 Å². The monoisotopic (exact) mass is 376 g/mol. The molecule has 1 aliphatic heterocycles. The fourth-order valence-corrected chi connectivity index (χ4v) is 3.28. The molecule has 0 bridgehead atoms. The summed E-state index contributed by atoms with van der Waals surface area (Å²) < 4.78 is 5.81. The maximum Gasteiger partial charge on any atom is 0.329 e. The predicted octanol–water partition coefficient (Wildman–Crippen LogP) is 3.85. The Morgan fingerprint density at radius 2 is 2.11 bits per heavy atom. The van der Waals surface area contributed by atoms with Gasteiger partial charge in [0.1, 0.15) is 11.3 Å². The van der Waals surface area contributed by atoms with E-state index < -0.39 is 11.6 Å². The van der Waals surface area contributed by atoms with E-state index in [9.17, 15) is 14.9 Å². The Morgan fingerprint density at radius 1 is 1.32 bits per heavy atom. The molecule has 3 amide bonds. The van der Waals surface area contributed by atoms with Gasteiger partial charge < -0.3 is 10.1 Å². The molecule has 2 heterocycles. The van der Waals surface area contributed by atoms with Gasteiger partial charge in [0.25, 0.3) is 5.91 Å². The van der Waals surface area contributed by atoms with Crippen LogP contribution in [-0.4, -0.2) is 22.5 Å². The minimum absolute atomic E-state index is 0.295. The second-order valence-corrected chi connectivity index (χ2v) is 7.35. The van der Waals surface area contributed by atoms with Crippen LogP contribution in [0, 0.1) is 11.3 Å². The van der Waals surface area contributed by atoms with Crippen molar-refractivity contribution in [3.8, 4) is 17.7 Å². The van der Waals surface area contributed by atoms with Crippen molar-refractivity contribution in [3.63, 3.8) is 0 Å². The Balaban J connectivity index is 1.53. The lowest BCUT2D eigenvalue weighted by molar-refractivity contribution is -0.121. The second kappa shape index (κ2) is 6.64. The van der Waals surface area contributed by atoms with Crippen molar-refractivity contribution in [2.45, 2.75) is 44.6 Å². The first-order valence-corrected chi connectivity index (χ1v) is 9.30. The van der Waals surface area contributed by atoms with E-state index >= 15 is 0 Å². The predicted molar refractivity (Wildman–Crippen MR) is 102 cm³/mol. The molecule has 2 aromatic rings. The number of benzene rings is 1. The van der Waals surface area contributed by atoms with Gasteiger partial charge in [0.05, 0.1) is 23.5 Å². The number of carbonyl (C=O) groups is 2. The molecule has 1 aromatic heterocycles. The van der Waals surface area contributed by atoms with E-state index in [1.165, 1.54) is 6.20 Å². The molecule has 1 aliphatic carbocycles. The molecule has 28 heavy (non-hydrogen) atoms. The number of nitriles is 1. The van der Waals surface area contributed by atoms with Crippen molar-refractivity contribution in [1.82, 2.24) is 10.3 Å². The Kier molecular flexibility index (Phi) is 4.27. The van der Waals surface area contributed by atoms with Crippen molar-refractivity contribution in [1.29, 1.82) is 5.26 Å². The van der Waals surface area contributed by atoms with Crippen LogP contribution in [0.25, 0.3) is 0 Å². The normalized spacial score (nSPS) is 21.4. The number of aromatic nitrogens is 1. The molecule has 4 rings (SSSR count). The summed E-state index contributed by atoms with van der Waals surface area (Å²) in [6.45, 7) is 3.56. The fraction of sp³-hybridized carbons (Fsp3) is 0.333. The van der Waals surface area contributed by atoms with E-state index in [0.29, 0.717) is 35.2 Å². The Hall–Kier alpha value is -3.40. The van der Waals surface area contributed by atoms with E-state index in [1.54, 1.807) is 31.2 Å². The summed E-state index contributed by atoms with van der Waals surface area (Å²) in [7, 11) is 0. The zero-order chi connectivity index (χ0) is 19.9. The number of pyridine rings is 1. The third kappa shape index (κ3) is 3.07. The van der Waals surface area contributed by atoms with Gasteiger partial charge in [-0.3, -0.25) is 4.79 Å². The summed E-state index contributed by atoms with van der Waals surface area (Å²) in [5.41, 5.74) is 1.18. The number of hydrogen-bond acceptors (Lipinski definition) is 5. The van der Waals surface area contributed by atoms with Gasteiger partial charge >= 0.3 is 6.03 Å². The van der Waals surface area contributed by atoms with Crippen LogP contribution in [-0.2, 0) is 4.79 Å². The van der Waals surface area contributed by atoms with E-state index in [1.807, 2.05) is 13.0 Å². The molecule has 0 unspecified atom stereocenters. The van der Waals surface area contributed by atoms with Gasteiger partial charge in [0, 0.05) is 6.07 Å². The maximum absolute atomic E-state index is 12.6. The molecular weight excluding hydrogens is 356 g/mol. The molecule has 1 saturated carbocycles. The lowest BCUT2D eigenvalue weighted by atomic mass is 9.99. The standard InChI is InChI=1S/C21H20N4O3/c1-3-21(2)19(26)25(20(27)24-21)15-7-9-18(23-12-15)28-16-8-6-14(11-22)17(10-16)13-4-5-13/h6-10,12-13H,3-5H2,1-2H3,(H,24,27)/t21-/m1/s1.